The van der Waals surface area contributed by atoms with Crippen molar-refractivity contribution in [3.63, 3.8) is 0 Å². The van der Waals surface area contributed by atoms with Crippen molar-refractivity contribution in [1.82, 2.24) is 5.32 Å². The van der Waals surface area contributed by atoms with Crippen LogP contribution in [-0.4, -0.2) is 44.8 Å². The zero-order valence-electron chi connectivity index (χ0n) is 23.8. The van der Waals surface area contributed by atoms with E-state index >= 15 is 0 Å². The zero-order chi connectivity index (χ0) is 30.8. The van der Waals surface area contributed by atoms with E-state index in [1.54, 1.807) is 30.3 Å². The number of sulfonamides is 1. The number of amides is 1. The average Bonchev–Trinajstić information content (AvgIpc) is 2.97. The Balaban J connectivity index is 1.47. The van der Waals surface area contributed by atoms with Crippen LogP contribution in [0, 0.1) is 6.92 Å². The van der Waals surface area contributed by atoms with E-state index in [-0.39, 0.29) is 6.61 Å². The van der Waals surface area contributed by atoms with Gasteiger partial charge in [-0.1, -0.05) is 54.6 Å². The van der Waals surface area contributed by atoms with Crippen molar-refractivity contribution in [3.8, 4) is 17.2 Å². The molecule has 0 aliphatic carbocycles. The third kappa shape index (κ3) is 9.79. The molecule has 43 heavy (non-hydrogen) atoms. The van der Waals surface area contributed by atoms with E-state index in [1.807, 2.05) is 61.5 Å². The second-order valence-corrected chi connectivity index (χ2v) is 11.6. The van der Waals surface area contributed by atoms with Gasteiger partial charge < -0.3 is 24.8 Å². The molecule has 0 heterocycles. The van der Waals surface area contributed by atoms with Crippen molar-refractivity contribution >= 4 is 33.3 Å². The number of carboxylic acids is 1. The van der Waals surface area contributed by atoms with Gasteiger partial charge in [0.05, 0.1) is 11.9 Å². The number of aliphatic carboxylic acids is 1. The Morgan fingerprint density at radius 1 is 0.814 bits per heavy atom. The van der Waals surface area contributed by atoms with Gasteiger partial charge >= 0.3 is 5.97 Å². The SMILES string of the molecule is Cc1c(NS(C)(=O)=O)cccc1N(Cc1ccccc1)Cc1ccc(Oc2cccc(OCC(=O)NCC(=O)O)c2)cc1. The van der Waals surface area contributed by atoms with Gasteiger partial charge in [0, 0.05) is 24.8 Å². The molecular weight excluding hydrogens is 570 g/mol. The molecular formula is C32H33N3O7S. The maximum Gasteiger partial charge on any atom is 0.322 e. The minimum Gasteiger partial charge on any atom is -0.484 e. The number of nitrogens with one attached hydrogen (secondary N) is 2. The summed E-state index contributed by atoms with van der Waals surface area (Å²) < 4.78 is 37.9. The molecule has 0 radical (unpaired) electrons. The molecule has 224 valence electrons. The van der Waals surface area contributed by atoms with E-state index < -0.39 is 28.4 Å². The smallest absolute Gasteiger partial charge is 0.322 e. The summed E-state index contributed by atoms with van der Waals surface area (Å²) in [5.74, 6) is -0.166. The zero-order valence-corrected chi connectivity index (χ0v) is 24.6. The standard InChI is InChI=1S/C32H33N3O7S/c1-23-29(34-43(2,39)40)12-7-13-30(23)35(20-24-8-4-3-5-9-24)21-25-14-16-26(17-15-25)42-28-11-6-10-27(18-28)41-22-31(36)33-19-32(37)38/h3-18,34H,19-22H2,1-2H3,(H,33,36)(H,37,38). The molecule has 0 aliphatic rings. The average molecular weight is 604 g/mol. The van der Waals surface area contributed by atoms with Gasteiger partial charge in [-0.15, -0.1) is 0 Å². The van der Waals surface area contributed by atoms with Gasteiger partial charge in [0.15, 0.2) is 6.61 Å². The van der Waals surface area contributed by atoms with Crippen LogP contribution in [0.25, 0.3) is 0 Å². The van der Waals surface area contributed by atoms with Crippen molar-refractivity contribution < 1.29 is 32.6 Å². The second kappa shape index (κ2) is 14.2. The molecule has 11 heteroatoms. The minimum atomic E-state index is -3.43. The summed E-state index contributed by atoms with van der Waals surface area (Å²) in [6, 6.07) is 30.1. The van der Waals surface area contributed by atoms with Crippen molar-refractivity contribution in [2.24, 2.45) is 0 Å². The second-order valence-electron chi connectivity index (χ2n) is 9.85. The number of anilines is 2. The number of carbonyl (C=O) groups is 2. The highest BCUT2D eigenvalue weighted by molar-refractivity contribution is 7.92. The Morgan fingerprint density at radius 3 is 2.14 bits per heavy atom. The first kappa shape index (κ1) is 30.9. The third-order valence-electron chi connectivity index (χ3n) is 6.30. The number of rotatable bonds is 14. The maximum atomic E-state index is 11.9. The number of nitrogens with zero attached hydrogens (tertiary/aromatic N) is 1. The molecule has 4 rings (SSSR count). The Labute approximate surface area is 250 Å². The number of benzene rings is 4. The first-order valence-electron chi connectivity index (χ1n) is 13.4. The molecule has 1 amide bonds. The highest BCUT2D eigenvalue weighted by atomic mass is 32.2. The first-order chi connectivity index (χ1) is 20.6. The van der Waals surface area contributed by atoms with E-state index in [1.165, 1.54) is 0 Å². The fraction of sp³-hybridized carbons (Fsp3) is 0.188. The van der Waals surface area contributed by atoms with E-state index in [2.05, 4.69) is 27.1 Å². The summed E-state index contributed by atoms with van der Waals surface area (Å²) in [5.41, 5.74) is 4.41. The van der Waals surface area contributed by atoms with E-state index in [9.17, 15) is 18.0 Å². The lowest BCUT2D eigenvalue weighted by Crippen LogP contribution is -2.33. The molecule has 10 nitrogen and oxygen atoms in total. The molecule has 3 N–H and O–H groups in total. The monoisotopic (exact) mass is 603 g/mol. The quantitative estimate of drug-likeness (QED) is 0.184. The van der Waals surface area contributed by atoms with E-state index in [4.69, 9.17) is 14.6 Å². The maximum absolute atomic E-state index is 11.9. The van der Waals surface area contributed by atoms with E-state index in [0.29, 0.717) is 36.0 Å². The molecule has 0 bridgehead atoms. The number of hydrogen-bond donors (Lipinski definition) is 3. The van der Waals surface area contributed by atoms with E-state index in [0.717, 1.165) is 28.6 Å². The fourth-order valence-corrected chi connectivity index (χ4v) is 4.95. The summed E-state index contributed by atoms with van der Waals surface area (Å²) in [6.45, 7) is 2.28. The molecule has 0 unspecified atom stereocenters. The summed E-state index contributed by atoms with van der Waals surface area (Å²) in [4.78, 5) is 24.5. The molecule has 0 saturated heterocycles. The van der Waals surface area contributed by atoms with Crippen molar-refractivity contribution in [2.75, 3.05) is 29.0 Å². The Bertz CT molecular complexity index is 1660. The molecule has 0 fully saturated rings. The first-order valence-corrected chi connectivity index (χ1v) is 15.3. The lowest BCUT2D eigenvalue weighted by Gasteiger charge is -2.28. The molecule has 4 aromatic carbocycles. The van der Waals surface area contributed by atoms with Gasteiger partial charge in [-0.25, -0.2) is 8.42 Å². The van der Waals surface area contributed by atoms with Gasteiger partial charge in [0.2, 0.25) is 10.0 Å². The fourth-order valence-electron chi connectivity index (χ4n) is 4.33. The molecule has 0 saturated carbocycles. The van der Waals surface area contributed by atoms with Crippen LogP contribution in [0.15, 0.2) is 97.1 Å². The highest BCUT2D eigenvalue weighted by Crippen LogP contribution is 2.31. The van der Waals surface area contributed by atoms with Gasteiger partial charge in [-0.3, -0.25) is 14.3 Å². The summed E-state index contributed by atoms with van der Waals surface area (Å²) in [7, 11) is -3.43. The molecule has 0 spiro atoms. The predicted octanol–water partition coefficient (Wildman–Crippen LogP) is 4.95. The summed E-state index contributed by atoms with van der Waals surface area (Å²) >= 11 is 0. The molecule has 4 aromatic rings. The van der Waals surface area contributed by atoms with Crippen LogP contribution >= 0.6 is 0 Å². The Morgan fingerprint density at radius 2 is 1.47 bits per heavy atom. The third-order valence-corrected chi connectivity index (χ3v) is 6.89. The topological polar surface area (TPSA) is 134 Å². The van der Waals surface area contributed by atoms with Crippen molar-refractivity contribution in [2.45, 2.75) is 20.0 Å². The molecule has 0 aliphatic heterocycles. The minimum absolute atomic E-state index is 0.322. The largest absolute Gasteiger partial charge is 0.484 e. The number of ether oxygens (including phenoxy) is 2. The van der Waals surface area contributed by atoms with Gasteiger partial charge in [0.25, 0.3) is 5.91 Å². The number of carboxylic acid groups (broad SMARTS) is 1. The van der Waals surface area contributed by atoms with Crippen LogP contribution in [0.1, 0.15) is 16.7 Å². The normalized spacial score (nSPS) is 10.9. The lowest BCUT2D eigenvalue weighted by molar-refractivity contribution is -0.138. The number of carbonyl (C=O) groups excluding carboxylic acids is 1. The summed E-state index contributed by atoms with van der Waals surface area (Å²) in [5, 5.41) is 10.9. The molecule has 0 aromatic heterocycles. The van der Waals surface area contributed by atoms with Gasteiger partial charge in [-0.2, -0.15) is 0 Å². The van der Waals surface area contributed by atoms with Gasteiger partial charge in [-0.05, 0) is 60.0 Å². The van der Waals surface area contributed by atoms with Crippen LogP contribution < -0.4 is 24.4 Å². The highest BCUT2D eigenvalue weighted by Gasteiger charge is 2.15. The van der Waals surface area contributed by atoms with Crippen LogP contribution in [-0.2, 0) is 32.7 Å². The van der Waals surface area contributed by atoms with Crippen LogP contribution in [0.2, 0.25) is 0 Å². The Kier molecular flexibility index (Phi) is 10.2. The van der Waals surface area contributed by atoms with Crippen molar-refractivity contribution in [1.29, 1.82) is 0 Å². The van der Waals surface area contributed by atoms with Crippen molar-refractivity contribution in [3.05, 3.63) is 114 Å². The van der Waals surface area contributed by atoms with Gasteiger partial charge in [0.1, 0.15) is 23.8 Å². The lowest BCUT2D eigenvalue weighted by atomic mass is 10.1. The number of hydrogen-bond acceptors (Lipinski definition) is 7. The van der Waals surface area contributed by atoms with Crippen LogP contribution in [0.3, 0.4) is 0 Å². The Hall–Kier alpha value is -5.03. The summed E-state index contributed by atoms with van der Waals surface area (Å²) in [6.07, 6.45) is 1.14. The predicted molar refractivity (Wildman–Crippen MR) is 165 cm³/mol. The van der Waals surface area contributed by atoms with Crippen LogP contribution in [0.5, 0.6) is 17.2 Å². The molecule has 0 atom stereocenters. The van der Waals surface area contributed by atoms with Crippen LogP contribution in [0.4, 0.5) is 11.4 Å².